The van der Waals surface area contributed by atoms with Crippen molar-refractivity contribution in [2.24, 2.45) is 10.7 Å². The Morgan fingerprint density at radius 2 is 1.72 bits per heavy atom. The molecule has 164 valence electrons. The highest BCUT2D eigenvalue weighted by Crippen LogP contribution is 2.34. The maximum absolute atomic E-state index is 13.6. The van der Waals surface area contributed by atoms with Crippen LogP contribution in [0.2, 0.25) is 0 Å². The zero-order chi connectivity index (χ0) is 23.1. The van der Waals surface area contributed by atoms with E-state index >= 15 is 0 Å². The fourth-order valence-electron chi connectivity index (χ4n) is 2.99. The molecule has 11 heteroatoms. The number of aromatic nitrogens is 3. The van der Waals surface area contributed by atoms with E-state index in [1.54, 1.807) is 6.08 Å². The van der Waals surface area contributed by atoms with Crippen LogP contribution in [0.1, 0.15) is 23.2 Å². The van der Waals surface area contributed by atoms with Gasteiger partial charge in [-0.2, -0.15) is 31.4 Å². The maximum atomic E-state index is 13.6. The van der Waals surface area contributed by atoms with E-state index in [1.165, 1.54) is 6.21 Å². The van der Waals surface area contributed by atoms with Gasteiger partial charge in [-0.05, 0) is 18.2 Å². The Hall–Kier alpha value is -3.65. The first-order chi connectivity index (χ1) is 15.0. The SMILES string of the molecule is NC1CC=C(C#Cc2cnn3c(C(F)(F)F)cc(-c4ccc(C(F)(F)F)cc4)nc23)C=N1. The molecule has 5 nitrogen and oxygen atoms in total. The largest absolute Gasteiger partial charge is 0.433 e. The molecule has 1 aliphatic heterocycles. The maximum Gasteiger partial charge on any atom is 0.433 e. The van der Waals surface area contributed by atoms with Crippen molar-refractivity contribution in [3.05, 3.63) is 65.0 Å². The molecule has 1 aromatic carbocycles. The summed E-state index contributed by atoms with van der Waals surface area (Å²) >= 11 is 0. The minimum atomic E-state index is -4.78. The average Bonchev–Trinajstić information content (AvgIpc) is 3.14. The summed E-state index contributed by atoms with van der Waals surface area (Å²) in [6, 6.07) is 4.43. The van der Waals surface area contributed by atoms with Gasteiger partial charge in [-0.1, -0.05) is 30.0 Å². The predicted octanol–water partition coefficient (Wildman–Crippen LogP) is 4.47. The topological polar surface area (TPSA) is 68.6 Å². The van der Waals surface area contributed by atoms with Crippen LogP contribution in [0, 0.1) is 11.8 Å². The zero-order valence-electron chi connectivity index (χ0n) is 16.0. The van der Waals surface area contributed by atoms with E-state index in [-0.39, 0.29) is 28.6 Å². The van der Waals surface area contributed by atoms with Gasteiger partial charge in [0.05, 0.1) is 23.0 Å². The smallest absolute Gasteiger partial charge is 0.309 e. The van der Waals surface area contributed by atoms with Crippen LogP contribution in [0.4, 0.5) is 26.3 Å². The number of alkyl halides is 6. The molecule has 0 saturated heterocycles. The number of hydrogen-bond donors (Lipinski definition) is 1. The number of nitrogens with two attached hydrogens (primary N) is 1. The molecule has 0 saturated carbocycles. The average molecular weight is 449 g/mol. The highest BCUT2D eigenvalue weighted by atomic mass is 19.4. The highest BCUT2D eigenvalue weighted by Gasteiger charge is 2.36. The van der Waals surface area contributed by atoms with Crippen molar-refractivity contribution in [2.45, 2.75) is 24.9 Å². The van der Waals surface area contributed by atoms with Crippen molar-refractivity contribution in [3.63, 3.8) is 0 Å². The summed E-state index contributed by atoms with van der Waals surface area (Å²) < 4.78 is 80.0. The van der Waals surface area contributed by atoms with Crippen molar-refractivity contribution >= 4 is 11.9 Å². The van der Waals surface area contributed by atoms with Crippen LogP contribution in [0.25, 0.3) is 16.9 Å². The number of halogens is 6. The molecular formula is C21H13F6N5. The number of rotatable bonds is 1. The van der Waals surface area contributed by atoms with Gasteiger partial charge in [0.1, 0.15) is 6.17 Å². The number of allylic oxidation sites excluding steroid dienone is 1. The van der Waals surface area contributed by atoms with E-state index in [0.717, 1.165) is 36.5 Å². The summed E-state index contributed by atoms with van der Waals surface area (Å²) in [4.78, 5) is 8.21. The van der Waals surface area contributed by atoms with Crippen LogP contribution in [0.5, 0.6) is 0 Å². The van der Waals surface area contributed by atoms with Gasteiger partial charge >= 0.3 is 12.4 Å². The van der Waals surface area contributed by atoms with Gasteiger partial charge in [0, 0.05) is 23.8 Å². The molecule has 1 unspecified atom stereocenters. The van der Waals surface area contributed by atoms with Gasteiger partial charge in [0.15, 0.2) is 11.3 Å². The second-order valence-corrected chi connectivity index (χ2v) is 6.88. The minimum absolute atomic E-state index is 0.0854. The summed E-state index contributed by atoms with van der Waals surface area (Å²) in [5.41, 5.74) is 4.00. The fraction of sp³-hybridized carbons (Fsp3) is 0.190. The molecule has 2 N–H and O–H groups in total. The molecule has 4 rings (SSSR count). The van der Waals surface area contributed by atoms with Crippen LogP contribution < -0.4 is 5.73 Å². The summed E-state index contributed by atoms with van der Waals surface area (Å²) in [7, 11) is 0. The monoisotopic (exact) mass is 449 g/mol. The lowest BCUT2D eigenvalue weighted by Crippen LogP contribution is -2.18. The number of nitrogens with zero attached hydrogens (tertiary/aromatic N) is 4. The van der Waals surface area contributed by atoms with Crippen molar-refractivity contribution in [1.82, 2.24) is 14.6 Å². The zero-order valence-corrected chi connectivity index (χ0v) is 16.0. The molecule has 3 heterocycles. The molecular weight excluding hydrogens is 436 g/mol. The van der Waals surface area contributed by atoms with Crippen molar-refractivity contribution in [2.75, 3.05) is 0 Å². The third-order valence-electron chi connectivity index (χ3n) is 4.60. The summed E-state index contributed by atoms with van der Waals surface area (Å²) in [6.45, 7) is 0. The molecule has 0 spiro atoms. The number of fused-ring (bicyclic) bond motifs is 1. The summed E-state index contributed by atoms with van der Waals surface area (Å²) in [5.74, 6) is 5.51. The highest BCUT2D eigenvalue weighted by molar-refractivity contribution is 5.86. The Bertz CT molecular complexity index is 1290. The van der Waals surface area contributed by atoms with Gasteiger partial charge in [-0.25, -0.2) is 9.50 Å². The van der Waals surface area contributed by atoms with E-state index in [9.17, 15) is 26.3 Å². The Morgan fingerprint density at radius 1 is 1.00 bits per heavy atom. The number of benzene rings is 1. The van der Waals surface area contributed by atoms with E-state index in [0.29, 0.717) is 16.5 Å². The fourth-order valence-corrected chi connectivity index (χ4v) is 2.99. The van der Waals surface area contributed by atoms with Gasteiger partial charge in [-0.15, -0.1) is 0 Å². The van der Waals surface area contributed by atoms with Gasteiger partial charge in [0.2, 0.25) is 0 Å². The lowest BCUT2D eigenvalue weighted by Gasteiger charge is -2.12. The molecule has 2 aromatic heterocycles. The van der Waals surface area contributed by atoms with E-state index < -0.39 is 23.6 Å². The van der Waals surface area contributed by atoms with E-state index in [2.05, 4.69) is 26.9 Å². The first-order valence-corrected chi connectivity index (χ1v) is 9.17. The van der Waals surface area contributed by atoms with E-state index in [4.69, 9.17) is 5.73 Å². The third-order valence-corrected chi connectivity index (χ3v) is 4.60. The molecule has 0 amide bonds. The molecule has 1 atom stereocenters. The molecule has 32 heavy (non-hydrogen) atoms. The Morgan fingerprint density at radius 3 is 2.31 bits per heavy atom. The standard InChI is InChI=1S/C21H13F6N5/c22-20(23,24)15-6-4-13(5-7-15)16-9-17(21(25,26)27)32-19(31-16)14(11-30-32)3-1-12-2-8-18(28)29-10-12/h2,4-7,9-11,18H,8,28H2. The van der Waals surface area contributed by atoms with Crippen LogP contribution in [-0.4, -0.2) is 27.0 Å². The second kappa shape index (κ2) is 7.80. The third kappa shape index (κ3) is 4.36. The normalized spacial score (nSPS) is 16.6. The Labute approximate surface area is 177 Å². The first-order valence-electron chi connectivity index (χ1n) is 9.17. The molecule has 1 aliphatic rings. The second-order valence-electron chi connectivity index (χ2n) is 6.88. The number of hydrogen-bond acceptors (Lipinski definition) is 4. The quantitative estimate of drug-likeness (QED) is 0.440. The van der Waals surface area contributed by atoms with E-state index in [1.807, 2.05) is 0 Å². The molecule has 0 radical (unpaired) electrons. The summed E-state index contributed by atoms with van der Waals surface area (Å²) in [5, 5.41) is 3.75. The van der Waals surface area contributed by atoms with Crippen LogP contribution in [0.3, 0.4) is 0 Å². The first kappa shape index (κ1) is 21.6. The number of aliphatic imine (C=N–C) groups is 1. The predicted molar refractivity (Wildman–Crippen MR) is 104 cm³/mol. The molecule has 0 fully saturated rings. The minimum Gasteiger partial charge on any atom is -0.309 e. The van der Waals surface area contributed by atoms with Crippen LogP contribution in [-0.2, 0) is 12.4 Å². The molecule has 0 aliphatic carbocycles. The van der Waals surface area contributed by atoms with Crippen LogP contribution >= 0.6 is 0 Å². The van der Waals surface area contributed by atoms with Gasteiger partial charge < -0.3 is 5.73 Å². The molecule has 0 bridgehead atoms. The lowest BCUT2D eigenvalue weighted by molar-refractivity contribution is -0.142. The summed E-state index contributed by atoms with van der Waals surface area (Å²) in [6.07, 6.45) is -4.87. The van der Waals surface area contributed by atoms with Gasteiger partial charge in [-0.3, -0.25) is 4.99 Å². The molecule has 3 aromatic rings. The van der Waals surface area contributed by atoms with Crippen molar-refractivity contribution in [3.8, 4) is 23.1 Å². The Kier molecular flexibility index (Phi) is 5.26. The Balaban J connectivity index is 1.82. The van der Waals surface area contributed by atoms with Crippen LogP contribution in [0.15, 0.2) is 53.2 Å². The van der Waals surface area contributed by atoms with Gasteiger partial charge in [0.25, 0.3) is 0 Å². The van der Waals surface area contributed by atoms with Crippen molar-refractivity contribution < 1.29 is 26.3 Å². The lowest BCUT2D eigenvalue weighted by atomic mass is 10.1. The number of dihydropyridines is 1. The van der Waals surface area contributed by atoms with Crippen molar-refractivity contribution in [1.29, 1.82) is 0 Å².